The van der Waals surface area contributed by atoms with Crippen molar-refractivity contribution in [1.82, 2.24) is 4.90 Å². The minimum Gasteiger partial charge on any atom is -0.381 e. The van der Waals surface area contributed by atoms with Gasteiger partial charge in [0.1, 0.15) is 0 Å². The van der Waals surface area contributed by atoms with Gasteiger partial charge in [0, 0.05) is 37.9 Å². The molecule has 0 aliphatic carbocycles. The van der Waals surface area contributed by atoms with E-state index in [0.29, 0.717) is 12.1 Å². The Morgan fingerprint density at radius 1 is 1.07 bits per heavy atom. The molecule has 2 unspecified atom stereocenters. The van der Waals surface area contributed by atoms with Crippen LogP contribution < -0.4 is 5.73 Å². The molecule has 0 aromatic rings. The SMILES string of the molecule is CN(C1CCOCC1)C1COCCC1N. The van der Waals surface area contributed by atoms with E-state index in [2.05, 4.69) is 11.9 Å². The number of likely N-dealkylation sites (N-methyl/N-ethyl adjacent to an activating group) is 1. The van der Waals surface area contributed by atoms with Crippen LogP contribution in [0, 0.1) is 0 Å². The molecule has 0 aromatic carbocycles. The average molecular weight is 214 g/mol. The van der Waals surface area contributed by atoms with Crippen LogP contribution in [-0.2, 0) is 9.47 Å². The first-order chi connectivity index (χ1) is 7.29. The average Bonchev–Trinajstić information content (AvgIpc) is 2.30. The van der Waals surface area contributed by atoms with Crippen LogP contribution >= 0.6 is 0 Å². The molecule has 2 rings (SSSR count). The van der Waals surface area contributed by atoms with Crippen LogP contribution in [0.5, 0.6) is 0 Å². The number of hydrogen-bond acceptors (Lipinski definition) is 4. The first-order valence-corrected chi connectivity index (χ1v) is 5.92. The van der Waals surface area contributed by atoms with Gasteiger partial charge in [-0.05, 0) is 26.3 Å². The second kappa shape index (κ2) is 5.25. The maximum atomic E-state index is 6.13. The Morgan fingerprint density at radius 3 is 2.40 bits per heavy atom. The van der Waals surface area contributed by atoms with Gasteiger partial charge in [-0.1, -0.05) is 0 Å². The topological polar surface area (TPSA) is 47.7 Å². The molecule has 2 N–H and O–H groups in total. The zero-order chi connectivity index (χ0) is 10.7. The third-order valence-electron chi connectivity index (χ3n) is 3.67. The Kier molecular flexibility index (Phi) is 3.97. The fourth-order valence-electron chi connectivity index (χ4n) is 2.52. The van der Waals surface area contributed by atoms with Crippen molar-refractivity contribution in [2.45, 2.75) is 37.4 Å². The number of ether oxygens (including phenoxy) is 2. The smallest absolute Gasteiger partial charge is 0.0636 e. The summed E-state index contributed by atoms with van der Waals surface area (Å²) >= 11 is 0. The zero-order valence-electron chi connectivity index (χ0n) is 9.52. The maximum absolute atomic E-state index is 6.13. The third-order valence-corrected chi connectivity index (χ3v) is 3.67. The fraction of sp³-hybridized carbons (Fsp3) is 1.00. The number of rotatable bonds is 2. The van der Waals surface area contributed by atoms with Crippen molar-refractivity contribution in [3.05, 3.63) is 0 Å². The van der Waals surface area contributed by atoms with Crippen molar-refractivity contribution < 1.29 is 9.47 Å². The Bertz CT molecular complexity index is 195. The third kappa shape index (κ3) is 2.69. The highest BCUT2D eigenvalue weighted by molar-refractivity contribution is 4.87. The highest BCUT2D eigenvalue weighted by atomic mass is 16.5. The van der Waals surface area contributed by atoms with Crippen LogP contribution in [0.15, 0.2) is 0 Å². The standard InChI is InChI=1S/C11H22N2O2/c1-13(9-2-5-14-6-3-9)11-8-15-7-4-10(11)12/h9-11H,2-8,12H2,1H3. The minimum atomic E-state index is 0.270. The highest BCUT2D eigenvalue weighted by Gasteiger charge is 2.30. The van der Waals surface area contributed by atoms with Gasteiger partial charge in [0.05, 0.1) is 6.61 Å². The number of nitrogens with zero attached hydrogens (tertiary/aromatic N) is 1. The van der Waals surface area contributed by atoms with E-state index in [0.717, 1.165) is 45.7 Å². The minimum absolute atomic E-state index is 0.270. The molecule has 2 aliphatic rings. The summed E-state index contributed by atoms with van der Waals surface area (Å²) in [7, 11) is 2.18. The van der Waals surface area contributed by atoms with E-state index < -0.39 is 0 Å². The van der Waals surface area contributed by atoms with Crippen molar-refractivity contribution in [2.75, 3.05) is 33.5 Å². The van der Waals surface area contributed by atoms with E-state index in [1.807, 2.05) is 0 Å². The predicted molar refractivity (Wildman–Crippen MR) is 58.8 cm³/mol. The summed E-state index contributed by atoms with van der Waals surface area (Å²) < 4.78 is 10.9. The molecule has 2 fully saturated rings. The van der Waals surface area contributed by atoms with Crippen molar-refractivity contribution in [3.63, 3.8) is 0 Å². The summed E-state index contributed by atoms with van der Waals surface area (Å²) in [4.78, 5) is 2.41. The largest absolute Gasteiger partial charge is 0.381 e. The molecular formula is C11H22N2O2. The molecule has 4 nitrogen and oxygen atoms in total. The Balaban J connectivity index is 1.89. The van der Waals surface area contributed by atoms with Crippen molar-refractivity contribution in [3.8, 4) is 0 Å². The van der Waals surface area contributed by atoms with Gasteiger partial charge in [0.15, 0.2) is 0 Å². The summed E-state index contributed by atoms with van der Waals surface area (Å²) in [5.74, 6) is 0. The van der Waals surface area contributed by atoms with Gasteiger partial charge in [-0.2, -0.15) is 0 Å². The molecule has 0 amide bonds. The monoisotopic (exact) mass is 214 g/mol. The van der Waals surface area contributed by atoms with Crippen LogP contribution in [0.1, 0.15) is 19.3 Å². The van der Waals surface area contributed by atoms with E-state index in [1.54, 1.807) is 0 Å². The van der Waals surface area contributed by atoms with Crippen molar-refractivity contribution in [2.24, 2.45) is 5.73 Å². The molecule has 4 heteroatoms. The fourth-order valence-corrected chi connectivity index (χ4v) is 2.52. The Labute approximate surface area is 91.7 Å². The molecule has 0 aromatic heterocycles. The lowest BCUT2D eigenvalue weighted by Gasteiger charge is -2.41. The van der Waals surface area contributed by atoms with Crippen LogP contribution in [0.2, 0.25) is 0 Å². The quantitative estimate of drug-likeness (QED) is 0.714. The first kappa shape index (κ1) is 11.3. The molecule has 2 saturated heterocycles. The van der Waals surface area contributed by atoms with E-state index in [4.69, 9.17) is 15.2 Å². The normalized spacial score (nSPS) is 34.6. The molecular weight excluding hydrogens is 192 g/mol. The number of nitrogens with two attached hydrogens (primary N) is 1. The second-order valence-electron chi connectivity index (χ2n) is 4.60. The Hall–Kier alpha value is -0.160. The van der Waals surface area contributed by atoms with Gasteiger partial charge in [0.2, 0.25) is 0 Å². The maximum Gasteiger partial charge on any atom is 0.0636 e. The molecule has 2 aliphatic heterocycles. The van der Waals surface area contributed by atoms with Crippen molar-refractivity contribution >= 4 is 0 Å². The molecule has 15 heavy (non-hydrogen) atoms. The van der Waals surface area contributed by atoms with Gasteiger partial charge in [-0.25, -0.2) is 0 Å². The molecule has 0 spiro atoms. The highest BCUT2D eigenvalue weighted by Crippen LogP contribution is 2.19. The van der Waals surface area contributed by atoms with Crippen LogP contribution in [-0.4, -0.2) is 56.5 Å². The lowest BCUT2D eigenvalue weighted by Crippen LogP contribution is -2.56. The van der Waals surface area contributed by atoms with Crippen LogP contribution in [0.3, 0.4) is 0 Å². The summed E-state index contributed by atoms with van der Waals surface area (Å²) in [5, 5.41) is 0. The lowest BCUT2D eigenvalue weighted by molar-refractivity contribution is -0.0267. The van der Waals surface area contributed by atoms with Crippen molar-refractivity contribution in [1.29, 1.82) is 0 Å². The molecule has 2 heterocycles. The summed E-state index contributed by atoms with van der Waals surface area (Å²) in [6.45, 7) is 3.38. The molecule has 88 valence electrons. The van der Waals surface area contributed by atoms with E-state index in [9.17, 15) is 0 Å². The first-order valence-electron chi connectivity index (χ1n) is 5.92. The lowest BCUT2D eigenvalue weighted by atomic mass is 9.99. The molecule has 0 radical (unpaired) electrons. The summed E-state index contributed by atoms with van der Waals surface area (Å²) in [6, 6.07) is 1.28. The van der Waals surface area contributed by atoms with Gasteiger partial charge in [-0.15, -0.1) is 0 Å². The molecule has 0 saturated carbocycles. The van der Waals surface area contributed by atoms with Gasteiger partial charge in [-0.3, -0.25) is 4.90 Å². The molecule has 2 atom stereocenters. The number of hydrogen-bond donors (Lipinski definition) is 1. The van der Waals surface area contributed by atoms with E-state index in [-0.39, 0.29) is 6.04 Å². The van der Waals surface area contributed by atoms with E-state index >= 15 is 0 Å². The van der Waals surface area contributed by atoms with Crippen LogP contribution in [0.25, 0.3) is 0 Å². The van der Waals surface area contributed by atoms with Gasteiger partial charge < -0.3 is 15.2 Å². The van der Waals surface area contributed by atoms with E-state index in [1.165, 1.54) is 0 Å². The second-order valence-corrected chi connectivity index (χ2v) is 4.60. The molecule has 0 bridgehead atoms. The summed E-state index contributed by atoms with van der Waals surface area (Å²) in [5.41, 5.74) is 6.13. The van der Waals surface area contributed by atoms with Gasteiger partial charge >= 0.3 is 0 Å². The van der Waals surface area contributed by atoms with Gasteiger partial charge in [0.25, 0.3) is 0 Å². The zero-order valence-corrected chi connectivity index (χ0v) is 9.52. The van der Waals surface area contributed by atoms with Crippen LogP contribution in [0.4, 0.5) is 0 Å². The predicted octanol–water partition coefficient (Wildman–Crippen LogP) is 0.213. The summed E-state index contributed by atoms with van der Waals surface area (Å²) in [6.07, 6.45) is 3.23. The Morgan fingerprint density at radius 2 is 1.73 bits per heavy atom.